The van der Waals surface area contributed by atoms with Crippen LogP contribution in [-0.2, 0) is 6.42 Å². The molecule has 0 aliphatic heterocycles. The zero-order chi connectivity index (χ0) is 15.7. The van der Waals surface area contributed by atoms with Gasteiger partial charge in [0.05, 0.1) is 16.9 Å². The second kappa shape index (κ2) is 5.76. The molecule has 0 bridgehead atoms. The second-order valence-electron chi connectivity index (χ2n) is 5.80. The van der Waals surface area contributed by atoms with E-state index in [0.717, 1.165) is 28.7 Å². The molecule has 3 rings (SSSR count). The lowest BCUT2D eigenvalue weighted by atomic mass is 10.0. The van der Waals surface area contributed by atoms with Gasteiger partial charge in [-0.2, -0.15) is 4.98 Å². The van der Waals surface area contributed by atoms with Gasteiger partial charge in [-0.25, -0.2) is 4.79 Å². The fourth-order valence-corrected chi connectivity index (χ4v) is 2.76. The summed E-state index contributed by atoms with van der Waals surface area (Å²) in [5, 5.41) is 1.05. The molecule has 0 N–H and O–H groups in total. The van der Waals surface area contributed by atoms with Crippen LogP contribution in [0, 0.1) is 0 Å². The maximum atomic E-state index is 12.5. The maximum absolute atomic E-state index is 12.5. The van der Waals surface area contributed by atoms with Gasteiger partial charge in [-0.05, 0) is 36.1 Å². The summed E-state index contributed by atoms with van der Waals surface area (Å²) in [6.07, 6.45) is 0.752. The summed E-state index contributed by atoms with van der Waals surface area (Å²) < 4.78 is 1.71. The predicted molar refractivity (Wildman–Crippen MR) is 90.8 cm³/mol. The van der Waals surface area contributed by atoms with Crippen LogP contribution in [0.5, 0.6) is 0 Å². The molecule has 0 atom stereocenters. The molecular weight excluding hydrogens is 272 g/mol. The Morgan fingerprint density at radius 1 is 1.09 bits per heavy atom. The summed E-state index contributed by atoms with van der Waals surface area (Å²) >= 11 is 0. The van der Waals surface area contributed by atoms with Gasteiger partial charge in [-0.3, -0.25) is 4.57 Å². The van der Waals surface area contributed by atoms with Crippen molar-refractivity contribution in [2.24, 2.45) is 0 Å². The van der Waals surface area contributed by atoms with Gasteiger partial charge >= 0.3 is 5.69 Å². The molecule has 1 heterocycles. The average Bonchev–Trinajstić information content (AvgIpc) is 2.54. The number of hydrogen-bond acceptors (Lipinski definition) is 2. The lowest BCUT2D eigenvalue weighted by Gasteiger charge is -2.14. The second-order valence-corrected chi connectivity index (χ2v) is 5.80. The first-order valence-corrected chi connectivity index (χ1v) is 7.72. The van der Waals surface area contributed by atoms with Gasteiger partial charge in [-0.15, -0.1) is 0 Å². The number of aryl methyl sites for hydroxylation is 1. The number of aromatic nitrogens is 2. The number of nitrogens with zero attached hydrogens (tertiary/aromatic N) is 2. The molecule has 3 nitrogen and oxygen atoms in total. The minimum Gasteiger partial charge on any atom is -0.260 e. The molecular formula is C19H20N2O. The zero-order valence-corrected chi connectivity index (χ0v) is 13.2. The van der Waals surface area contributed by atoms with E-state index in [2.05, 4.69) is 37.0 Å². The van der Waals surface area contributed by atoms with E-state index < -0.39 is 0 Å². The summed E-state index contributed by atoms with van der Waals surface area (Å²) in [4.78, 5) is 16.8. The minimum atomic E-state index is -0.212. The van der Waals surface area contributed by atoms with Crippen molar-refractivity contribution in [1.29, 1.82) is 0 Å². The quantitative estimate of drug-likeness (QED) is 0.729. The van der Waals surface area contributed by atoms with Crippen molar-refractivity contribution in [1.82, 2.24) is 9.55 Å². The molecule has 0 amide bonds. The van der Waals surface area contributed by atoms with Crippen LogP contribution in [0.2, 0.25) is 0 Å². The van der Waals surface area contributed by atoms with Gasteiger partial charge in [0.1, 0.15) is 0 Å². The van der Waals surface area contributed by atoms with Gasteiger partial charge in [0.2, 0.25) is 0 Å². The lowest BCUT2D eigenvalue weighted by Crippen LogP contribution is -2.23. The molecule has 0 aliphatic carbocycles. The highest BCUT2D eigenvalue weighted by atomic mass is 16.1. The Balaban J connectivity index is 2.42. The number of fused-ring (bicyclic) bond motifs is 1. The molecule has 3 heteroatoms. The Kier molecular flexibility index (Phi) is 3.80. The minimum absolute atomic E-state index is 0.212. The number of benzene rings is 2. The van der Waals surface area contributed by atoms with Crippen molar-refractivity contribution in [2.75, 3.05) is 0 Å². The van der Waals surface area contributed by atoms with Crippen molar-refractivity contribution < 1.29 is 0 Å². The third-order valence-electron chi connectivity index (χ3n) is 4.01. The van der Waals surface area contributed by atoms with Gasteiger partial charge in [0, 0.05) is 5.39 Å². The fourth-order valence-electron chi connectivity index (χ4n) is 2.76. The Morgan fingerprint density at radius 3 is 2.45 bits per heavy atom. The van der Waals surface area contributed by atoms with E-state index in [1.807, 2.05) is 37.3 Å². The normalized spacial score (nSPS) is 11.3. The van der Waals surface area contributed by atoms with Crippen LogP contribution in [-0.4, -0.2) is 9.55 Å². The van der Waals surface area contributed by atoms with Crippen LogP contribution in [0.15, 0.2) is 53.3 Å². The van der Waals surface area contributed by atoms with E-state index in [1.54, 1.807) is 4.57 Å². The highest BCUT2D eigenvalue weighted by Crippen LogP contribution is 2.24. The molecule has 3 aromatic rings. The van der Waals surface area contributed by atoms with Crippen LogP contribution < -0.4 is 5.69 Å². The van der Waals surface area contributed by atoms with E-state index in [9.17, 15) is 4.79 Å². The van der Waals surface area contributed by atoms with Crippen LogP contribution in [0.1, 0.15) is 37.9 Å². The van der Waals surface area contributed by atoms with E-state index in [4.69, 9.17) is 0 Å². The molecule has 0 fully saturated rings. The van der Waals surface area contributed by atoms with E-state index >= 15 is 0 Å². The summed E-state index contributed by atoms with van der Waals surface area (Å²) in [5.74, 6) is 0.418. The van der Waals surface area contributed by atoms with Crippen LogP contribution >= 0.6 is 0 Å². The van der Waals surface area contributed by atoms with E-state index in [1.165, 1.54) is 5.56 Å². The first-order valence-electron chi connectivity index (χ1n) is 7.72. The number of rotatable bonds is 3. The van der Waals surface area contributed by atoms with Crippen LogP contribution in [0.3, 0.4) is 0 Å². The molecule has 112 valence electrons. The summed E-state index contributed by atoms with van der Waals surface area (Å²) in [5.41, 5.74) is 3.67. The van der Waals surface area contributed by atoms with Crippen molar-refractivity contribution in [2.45, 2.75) is 33.1 Å². The Hall–Kier alpha value is -2.42. The van der Waals surface area contributed by atoms with Gasteiger partial charge in [0.25, 0.3) is 0 Å². The Labute approximate surface area is 130 Å². The first kappa shape index (κ1) is 14.5. The smallest absolute Gasteiger partial charge is 0.260 e. The monoisotopic (exact) mass is 292 g/mol. The predicted octanol–water partition coefficient (Wildman–Crippen LogP) is 4.07. The van der Waals surface area contributed by atoms with Crippen LogP contribution in [0.4, 0.5) is 0 Å². The van der Waals surface area contributed by atoms with Gasteiger partial charge in [0.15, 0.2) is 0 Å². The van der Waals surface area contributed by atoms with Crippen molar-refractivity contribution in [3.63, 3.8) is 0 Å². The van der Waals surface area contributed by atoms with Crippen molar-refractivity contribution >= 4 is 10.9 Å². The zero-order valence-electron chi connectivity index (χ0n) is 13.2. The highest BCUT2D eigenvalue weighted by molar-refractivity contribution is 5.83. The molecule has 0 radical (unpaired) electrons. The third-order valence-corrected chi connectivity index (χ3v) is 4.01. The fraction of sp³-hybridized carbons (Fsp3) is 0.263. The molecule has 0 saturated carbocycles. The molecule has 0 aliphatic rings. The Morgan fingerprint density at radius 2 is 1.82 bits per heavy atom. The summed E-state index contributed by atoms with van der Waals surface area (Å²) in [7, 11) is 0. The number of para-hydroxylation sites is 1. The number of hydrogen-bond donors (Lipinski definition) is 0. The van der Waals surface area contributed by atoms with Crippen molar-refractivity contribution in [3.05, 3.63) is 70.3 Å². The van der Waals surface area contributed by atoms with Crippen molar-refractivity contribution in [3.8, 4) is 5.69 Å². The SMILES string of the molecule is CCc1nc(=O)n(-c2ccccc2)c2cc(C(C)C)ccc12. The lowest BCUT2D eigenvalue weighted by molar-refractivity contribution is 0.861. The molecule has 2 aromatic carbocycles. The van der Waals surface area contributed by atoms with E-state index in [0.29, 0.717) is 5.92 Å². The van der Waals surface area contributed by atoms with Gasteiger partial charge in [-0.1, -0.05) is 51.1 Å². The maximum Gasteiger partial charge on any atom is 0.352 e. The van der Waals surface area contributed by atoms with E-state index in [-0.39, 0.29) is 5.69 Å². The molecule has 1 aromatic heterocycles. The molecule has 0 unspecified atom stereocenters. The third kappa shape index (κ3) is 2.43. The van der Waals surface area contributed by atoms with Crippen LogP contribution in [0.25, 0.3) is 16.6 Å². The molecule has 22 heavy (non-hydrogen) atoms. The average molecular weight is 292 g/mol. The topological polar surface area (TPSA) is 34.9 Å². The van der Waals surface area contributed by atoms with Gasteiger partial charge < -0.3 is 0 Å². The highest BCUT2D eigenvalue weighted by Gasteiger charge is 2.12. The Bertz CT molecular complexity index is 864. The standard InChI is InChI=1S/C19H20N2O/c1-4-17-16-11-10-14(13(2)3)12-18(16)21(19(22)20-17)15-8-6-5-7-9-15/h5-13H,4H2,1-3H3. The largest absolute Gasteiger partial charge is 0.352 e. The molecule has 0 spiro atoms. The first-order chi connectivity index (χ1) is 10.6. The molecule has 0 saturated heterocycles. The summed E-state index contributed by atoms with van der Waals surface area (Å²) in [6.45, 7) is 6.35. The summed E-state index contributed by atoms with van der Waals surface area (Å²) in [6, 6.07) is 16.1.